The zero-order chi connectivity index (χ0) is 20.6. The maximum atomic E-state index is 13.3. The summed E-state index contributed by atoms with van der Waals surface area (Å²) in [6, 6.07) is 7.97. The van der Waals surface area contributed by atoms with Crippen LogP contribution in [-0.4, -0.2) is 38.0 Å². The maximum absolute atomic E-state index is 13.3. The fourth-order valence-electron chi connectivity index (χ4n) is 3.09. The average molecular weight is 462 g/mol. The van der Waals surface area contributed by atoms with Gasteiger partial charge < -0.3 is 9.64 Å². The number of hydrogen-bond donors (Lipinski definition) is 0. The number of aromatic nitrogens is 1. The van der Waals surface area contributed by atoms with Gasteiger partial charge in [0.25, 0.3) is 10.0 Å². The summed E-state index contributed by atoms with van der Waals surface area (Å²) in [5.41, 5.74) is 1.42. The first kappa shape index (κ1) is 21.3. The molecule has 0 aliphatic heterocycles. The van der Waals surface area contributed by atoms with Gasteiger partial charge in [-0.3, -0.25) is 0 Å². The lowest BCUT2D eigenvalue weighted by Crippen LogP contribution is -2.14. The molecule has 1 heterocycles. The third-order valence-electron chi connectivity index (χ3n) is 4.16. The molecule has 0 spiro atoms. The Hall–Kier alpha value is -1.44. The molecule has 0 atom stereocenters. The first-order chi connectivity index (χ1) is 13.2. The van der Waals surface area contributed by atoms with E-state index >= 15 is 0 Å². The average Bonchev–Trinajstić information content (AvgIpc) is 3.00. The van der Waals surface area contributed by atoms with Crippen LogP contribution < -0.4 is 4.74 Å². The first-order valence-electron chi connectivity index (χ1n) is 8.47. The van der Waals surface area contributed by atoms with Crippen molar-refractivity contribution in [1.29, 1.82) is 0 Å². The minimum absolute atomic E-state index is 0.0289. The number of hydrogen-bond acceptors (Lipinski definition) is 4. The molecule has 150 valence electrons. The van der Waals surface area contributed by atoms with Crippen molar-refractivity contribution in [2.24, 2.45) is 0 Å². The number of halogens is 3. The highest BCUT2D eigenvalue weighted by atomic mass is 35.5. The molecule has 3 rings (SSSR count). The summed E-state index contributed by atoms with van der Waals surface area (Å²) < 4.78 is 33.5. The van der Waals surface area contributed by atoms with Crippen LogP contribution in [-0.2, 0) is 16.6 Å². The predicted molar refractivity (Wildman–Crippen MR) is 115 cm³/mol. The Kier molecular flexibility index (Phi) is 6.17. The van der Waals surface area contributed by atoms with Gasteiger partial charge in [0.2, 0.25) is 0 Å². The second kappa shape index (κ2) is 8.13. The summed E-state index contributed by atoms with van der Waals surface area (Å²) in [6.45, 7) is 3.02. The molecule has 0 unspecified atom stereocenters. The lowest BCUT2D eigenvalue weighted by molar-refractivity contribution is 0.326. The Bertz CT molecular complexity index is 1120. The molecule has 0 saturated heterocycles. The minimum atomic E-state index is -4.03. The third-order valence-corrected chi connectivity index (χ3v) is 6.99. The normalized spacial score (nSPS) is 12.1. The maximum Gasteiger partial charge on any atom is 0.271 e. The topological polar surface area (TPSA) is 51.5 Å². The molecule has 28 heavy (non-hydrogen) atoms. The van der Waals surface area contributed by atoms with Gasteiger partial charge in [-0.1, -0.05) is 34.8 Å². The van der Waals surface area contributed by atoms with Crippen molar-refractivity contribution in [2.45, 2.75) is 18.4 Å². The molecule has 1 aromatic heterocycles. The lowest BCUT2D eigenvalue weighted by Gasteiger charge is -2.16. The monoisotopic (exact) mass is 460 g/mol. The largest absolute Gasteiger partial charge is 0.494 e. The van der Waals surface area contributed by atoms with Crippen LogP contribution in [0.3, 0.4) is 0 Å². The van der Waals surface area contributed by atoms with Crippen molar-refractivity contribution >= 4 is 55.7 Å². The van der Waals surface area contributed by atoms with Crippen LogP contribution in [0.5, 0.6) is 5.75 Å². The van der Waals surface area contributed by atoms with Gasteiger partial charge in [-0.15, -0.1) is 0 Å². The van der Waals surface area contributed by atoms with Gasteiger partial charge in [0.15, 0.2) is 0 Å². The summed E-state index contributed by atoms with van der Waals surface area (Å²) in [6.07, 6.45) is 1.50. The van der Waals surface area contributed by atoms with E-state index in [0.29, 0.717) is 18.7 Å². The number of fused-ring (bicyclic) bond motifs is 1. The van der Waals surface area contributed by atoms with E-state index < -0.39 is 10.0 Å². The Morgan fingerprint density at radius 1 is 1.07 bits per heavy atom. The van der Waals surface area contributed by atoms with Gasteiger partial charge in [0, 0.05) is 28.7 Å². The highest BCUT2D eigenvalue weighted by Crippen LogP contribution is 2.37. The smallest absolute Gasteiger partial charge is 0.271 e. The van der Waals surface area contributed by atoms with Gasteiger partial charge in [-0.25, -0.2) is 12.4 Å². The molecule has 3 aromatic rings. The number of ether oxygens (including phenoxy) is 1. The quantitative estimate of drug-likeness (QED) is 0.500. The molecule has 0 N–H and O–H groups in total. The zero-order valence-corrected chi connectivity index (χ0v) is 18.6. The van der Waals surface area contributed by atoms with E-state index in [4.69, 9.17) is 39.5 Å². The fraction of sp³-hybridized carbons (Fsp3) is 0.263. The summed E-state index contributed by atoms with van der Waals surface area (Å²) in [5, 5.41) is 0.989. The summed E-state index contributed by atoms with van der Waals surface area (Å²) in [5.74, 6) is 0.724. The van der Waals surface area contributed by atoms with Crippen molar-refractivity contribution < 1.29 is 13.2 Å². The van der Waals surface area contributed by atoms with Gasteiger partial charge in [0.1, 0.15) is 10.6 Å². The Morgan fingerprint density at radius 2 is 1.71 bits per heavy atom. The number of benzene rings is 2. The van der Waals surface area contributed by atoms with E-state index in [1.807, 2.05) is 25.9 Å². The zero-order valence-electron chi connectivity index (χ0n) is 15.5. The Morgan fingerprint density at radius 3 is 2.29 bits per heavy atom. The van der Waals surface area contributed by atoms with E-state index in [1.165, 1.54) is 22.3 Å². The van der Waals surface area contributed by atoms with Crippen molar-refractivity contribution in [2.75, 3.05) is 20.7 Å². The molecule has 5 nitrogen and oxygen atoms in total. The van der Waals surface area contributed by atoms with Crippen molar-refractivity contribution in [3.63, 3.8) is 0 Å². The second-order valence-corrected chi connectivity index (χ2v) is 9.46. The Labute approximate surface area is 179 Å². The molecule has 0 bridgehead atoms. The van der Waals surface area contributed by atoms with E-state index in [0.717, 1.165) is 16.7 Å². The molecular weight excluding hydrogens is 443 g/mol. The summed E-state index contributed by atoms with van der Waals surface area (Å²) >= 11 is 18.3. The SMILES string of the molecule is CCOc1ccc2c(ccn2S(=O)(=O)c2c(Cl)cc(Cl)cc2Cl)c1CN(C)C. The molecule has 0 fully saturated rings. The van der Waals surface area contributed by atoms with Crippen LogP contribution in [0.1, 0.15) is 12.5 Å². The summed E-state index contributed by atoms with van der Waals surface area (Å²) in [7, 11) is -0.151. The van der Waals surface area contributed by atoms with Crippen LogP contribution in [0.15, 0.2) is 41.4 Å². The second-order valence-electron chi connectivity index (χ2n) is 6.46. The molecule has 9 heteroatoms. The van der Waals surface area contributed by atoms with E-state index in [1.54, 1.807) is 18.2 Å². The molecule has 2 aromatic carbocycles. The van der Waals surface area contributed by atoms with Gasteiger partial charge in [0.05, 0.1) is 22.2 Å². The van der Waals surface area contributed by atoms with Crippen LogP contribution in [0.2, 0.25) is 15.1 Å². The molecular formula is C19H19Cl3N2O3S. The van der Waals surface area contributed by atoms with Crippen molar-refractivity contribution in [3.8, 4) is 5.75 Å². The van der Waals surface area contributed by atoms with E-state index in [2.05, 4.69) is 0 Å². The Balaban J connectivity index is 2.25. The highest BCUT2D eigenvalue weighted by Gasteiger charge is 2.26. The van der Waals surface area contributed by atoms with Gasteiger partial charge in [-0.2, -0.15) is 0 Å². The molecule has 0 radical (unpaired) electrons. The lowest BCUT2D eigenvalue weighted by atomic mass is 10.1. The van der Waals surface area contributed by atoms with Crippen molar-refractivity contribution in [3.05, 3.63) is 57.2 Å². The highest BCUT2D eigenvalue weighted by molar-refractivity contribution is 7.90. The third kappa shape index (κ3) is 3.84. The standard InChI is InChI=1S/C19H19Cl3N2O3S/c1-4-27-18-6-5-17-13(14(18)11-23(2)3)7-8-24(17)28(25,26)19-15(21)9-12(20)10-16(19)22/h5-10H,4,11H2,1-3H3. The van der Waals surface area contributed by atoms with E-state index in [9.17, 15) is 8.42 Å². The van der Waals surface area contributed by atoms with Crippen LogP contribution in [0.25, 0.3) is 10.9 Å². The first-order valence-corrected chi connectivity index (χ1v) is 11.0. The van der Waals surface area contributed by atoms with Crippen molar-refractivity contribution in [1.82, 2.24) is 8.87 Å². The summed E-state index contributed by atoms with van der Waals surface area (Å²) in [4.78, 5) is 1.82. The van der Waals surface area contributed by atoms with Crippen LogP contribution in [0.4, 0.5) is 0 Å². The predicted octanol–water partition coefficient (Wildman–Crippen LogP) is 5.30. The molecule has 0 amide bonds. The molecule has 0 saturated carbocycles. The number of rotatable bonds is 6. The van der Waals surface area contributed by atoms with Crippen LogP contribution in [0, 0.1) is 0 Å². The molecule has 0 aliphatic rings. The van der Waals surface area contributed by atoms with E-state index in [-0.39, 0.29) is 20.0 Å². The van der Waals surface area contributed by atoms with Gasteiger partial charge >= 0.3 is 0 Å². The number of nitrogens with zero attached hydrogens (tertiary/aromatic N) is 2. The minimum Gasteiger partial charge on any atom is -0.494 e. The fourth-order valence-corrected chi connectivity index (χ4v) is 5.93. The van der Waals surface area contributed by atoms with Crippen LogP contribution >= 0.6 is 34.8 Å². The van der Waals surface area contributed by atoms with Gasteiger partial charge in [-0.05, 0) is 51.4 Å². The molecule has 0 aliphatic carbocycles.